The molecular formula is C25H24N2O3. The molecule has 3 aromatic rings. The maximum absolute atomic E-state index is 12.7. The van der Waals surface area contributed by atoms with Crippen molar-refractivity contribution in [3.63, 3.8) is 0 Å². The number of carbonyl (C=O) groups excluding carboxylic acids is 2. The zero-order valence-corrected chi connectivity index (χ0v) is 17.0. The predicted molar refractivity (Wildman–Crippen MR) is 115 cm³/mol. The molecule has 5 nitrogen and oxygen atoms in total. The minimum absolute atomic E-state index is 0.0494. The number of pyridine rings is 1. The van der Waals surface area contributed by atoms with Gasteiger partial charge < -0.3 is 4.74 Å². The number of aromatic nitrogens is 1. The molecule has 1 aromatic heterocycles. The van der Waals surface area contributed by atoms with E-state index < -0.39 is 0 Å². The fourth-order valence-electron chi connectivity index (χ4n) is 4.71. The van der Waals surface area contributed by atoms with Gasteiger partial charge in [-0.15, -0.1) is 0 Å². The number of benzene rings is 2. The Labute approximate surface area is 175 Å². The summed E-state index contributed by atoms with van der Waals surface area (Å²) in [5.41, 5.74) is 2.27. The highest BCUT2D eigenvalue weighted by Crippen LogP contribution is 2.33. The molecule has 1 aliphatic heterocycles. The molecule has 5 rings (SSSR count). The minimum Gasteiger partial charge on any atom is -0.490 e. The van der Waals surface area contributed by atoms with E-state index in [1.54, 1.807) is 12.1 Å². The van der Waals surface area contributed by atoms with E-state index in [9.17, 15) is 9.59 Å². The third-order valence-electron chi connectivity index (χ3n) is 6.33. The van der Waals surface area contributed by atoms with Crippen LogP contribution in [0.4, 0.5) is 0 Å². The predicted octanol–water partition coefficient (Wildman–Crippen LogP) is 4.78. The van der Waals surface area contributed by atoms with E-state index in [0.29, 0.717) is 11.1 Å². The third kappa shape index (κ3) is 3.15. The van der Waals surface area contributed by atoms with Crippen LogP contribution in [0.2, 0.25) is 0 Å². The fraction of sp³-hybridized carbons (Fsp3) is 0.320. The number of imide groups is 1. The molecule has 152 valence electrons. The van der Waals surface area contributed by atoms with Gasteiger partial charge in [0.05, 0.1) is 17.2 Å². The number of ether oxygens (including phenoxy) is 1. The molecule has 0 unspecified atom stereocenters. The molecule has 1 aliphatic carbocycles. The van der Waals surface area contributed by atoms with Gasteiger partial charge in [-0.3, -0.25) is 19.5 Å². The second-order valence-corrected chi connectivity index (χ2v) is 8.11. The molecule has 2 amide bonds. The Bertz CT molecular complexity index is 1100. The van der Waals surface area contributed by atoms with Gasteiger partial charge in [0.25, 0.3) is 11.8 Å². The van der Waals surface area contributed by atoms with Gasteiger partial charge in [-0.05, 0) is 73.4 Å². The number of nitrogens with zero attached hydrogens (tertiary/aromatic N) is 2. The molecule has 5 heteroatoms. The average Bonchev–Trinajstić information content (AvgIpc) is 3.04. The molecule has 1 saturated carbocycles. The van der Waals surface area contributed by atoms with Crippen LogP contribution in [0.25, 0.3) is 10.8 Å². The van der Waals surface area contributed by atoms with E-state index in [4.69, 9.17) is 4.74 Å². The summed E-state index contributed by atoms with van der Waals surface area (Å²) >= 11 is 0. The Morgan fingerprint density at radius 3 is 2.33 bits per heavy atom. The smallest absolute Gasteiger partial charge is 0.261 e. The van der Waals surface area contributed by atoms with Crippen LogP contribution in [0.15, 0.2) is 54.9 Å². The molecule has 0 atom stereocenters. The Morgan fingerprint density at radius 1 is 0.967 bits per heavy atom. The van der Waals surface area contributed by atoms with Crippen molar-refractivity contribution in [1.82, 2.24) is 9.88 Å². The Morgan fingerprint density at radius 2 is 1.67 bits per heavy atom. The van der Waals surface area contributed by atoms with Gasteiger partial charge in [0.1, 0.15) is 5.75 Å². The lowest BCUT2D eigenvalue weighted by atomic mass is 9.91. The highest BCUT2D eigenvalue weighted by molar-refractivity contribution is 6.21. The summed E-state index contributed by atoms with van der Waals surface area (Å²) in [5.74, 6) is 0.554. The van der Waals surface area contributed by atoms with Crippen LogP contribution >= 0.6 is 0 Å². The average molecular weight is 400 g/mol. The number of hydrogen-bond acceptors (Lipinski definition) is 4. The first kappa shape index (κ1) is 18.8. The van der Waals surface area contributed by atoms with Crippen LogP contribution in [-0.4, -0.2) is 33.8 Å². The van der Waals surface area contributed by atoms with Crippen LogP contribution in [-0.2, 0) is 6.42 Å². The molecule has 2 aliphatic rings. The molecule has 2 heterocycles. The molecule has 0 radical (unpaired) electrons. The van der Waals surface area contributed by atoms with Crippen LogP contribution in [0.5, 0.6) is 5.75 Å². The number of amides is 2. The lowest BCUT2D eigenvalue weighted by molar-refractivity contribution is 0.0478. The quantitative estimate of drug-likeness (QED) is 0.591. The summed E-state index contributed by atoms with van der Waals surface area (Å²) in [6, 6.07) is 13.2. The number of carbonyl (C=O) groups is 2. The van der Waals surface area contributed by atoms with Crippen molar-refractivity contribution in [2.45, 2.75) is 51.2 Å². The molecule has 0 saturated heterocycles. The second kappa shape index (κ2) is 7.56. The number of aryl methyl sites for hydroxylation is 1. The van der Waals surface area contributed by atoms with Crippen molar-refractivity contribution in [1.29, 1.82) is 0 Å². The summed E-state index contributed by atoms with van der Waals surface area (Å²) in [4.78, 5) is 31.2. The molecule has 2 aromatic carbocycles. The normalized spacial score (nSPS) is 21.2. The van der Waals surface area contributed by atoms with Gasteiger partial charge in [0, 0.05) is 23.8 Å². The fourth-order valence-corrected chi connectivity index (χ4v) is 4.71. The summed E-state index contributed by atoms with van der Waals surface area (Å²) in [6.45, 7) is 2.13. The summed E-state index contributed by atoms with van der Waals surface area (Å²) in [5, 5.41) is 2.31. The van der Waals surface area contributed by atoms with Crippen molar-refractivity contribution >= 4 is 22.6 Å². The molecule has 30 heavy (non-hydrogen) atoms. The first-order chi connectivity index (χ1) is 14.7. The van der Waals surface area contributed by atoms with Gasteiger partial charge in [0.2, 0.25) is 0 Å². The van der Waals surface area contributed by atoms with Crippen LogP contribution < -0.4 is 4.74 Å². The SMILES string of the molecule is CCc1cncc2ccc(OC3CCC(N4C(=O)c5ccccc5C4=O)CC3)cc12. The van der Waals surface area contributed by atoms with E-state index in [0.717, 1.165) is 43.2 Å². The highest BCUT2D eigenvalue weighted by atomic mass is 16.5. The van der Waals surface area contributed by atoms with E-state index in [1.807, 2.05) is 30.6 Å². The van der Waals surface area contributed by atoms with E-state index in [2.05, 4.69) is 24.0 Å². The van der Waals surface area contributed by atoms with Crippen LogP contribution in [0, 0.1) is 0 Å². The Kier molecular flexibility index (Phi) is 4.74. The topological polar surface area (TPSA) is 59.5 Å². The molecule has 1 fully saturated rings. The lowest BCUT2D eigenvalue weighted by Crippen LogP contribution is -2.43. The minimum atomic E-state index is -0.157. The Balaban J connectivity index is 1.27. The van der Waals surface area contributed by atoms with Crippen molar-refractivity contribution < 1.29 is 14.3 Å². The van der Waals surface area contributed by atoms with Crippen molar-refractivity contribution in [2.75, 3.05) is 0 Å². The standard InChI is InChI=1S/C25H24N2O3/c1-2-16-14-26-15-17-7-10-20(13-23(16)17)30-19-11-8-18(9-12-19)27-24(28)21-5-3-4-6-22(21)25(27)29/h3-7,10,13-15,18-19H,2,8-9,11-12H2,1H3. The number of hydrogen-bond donors (Lipinski definition) is 0. The first-order valence-corrected chi connectivity index (χ1v) is 10.7. The summed E-state index contributed by atoms with van der Waals surface area (Å²) in [6.07, 6.45) is 8.02. The zero-order chi connectivity index (χ0) is 20.7. The van der Waals surface area contributed by atoms with Crippen molar-refractivity contribution in [2.24, 2.45) is 0 Å². The summed E-state index contributed by atoms with van der Waals surface area (Å²) < 4.78 is 6.28. The van der Waals surface area contributed by atoms with Crippen LogP contribution in [0.3, 0.4) is 0 Å². The molecule has 0 bridgehead atoms. The lowest BCUT2D eigenvalue weighted by Gasteiger charge is -2.33. The van der Waals surface area contributed by atoms with E-state index in [1.165, 1.54) is 15.8 Å². The molecule has 0 N–H and O–H groups in total. The summed E-state index contributed by atoms with van der Waals surface area (Å²) in [7, 11) is 0. The van der Waals surface area contributed by atoms with Gasteiger partial charge >= 0.3 is 0 Å². The monoisotopic (exact) mass is 400 g/mol. The van der Waals surface area contributed by atoms with Gasteiger partial charge in [0.15, 0.2) is 0 Å². The zero-order valence-electron chi connectivity index (χ0n) is 17.0. The van der Waals surface area contributed by atoms with E-state index >= 15 is 0 Å². The number of rotatable bonds is 4. The molecule has 0 spiro atoms. The van der Waals surface area contributed by atoms with Crippen molar-refractivity contribution in [3.05, 3.63) is 71.5 Å². The largest absolute Gasteiger partial charge is 0.490 e. The maximum atomic E-state index is 12.7. The van der Waals surface area contributed by atoms with Gasteiger partial charge in [-0.25, -0.2) is 0 Å². The first-order valence-electron chi connectivity index (χ1n) is 10.7. The van der Waals surface area contributed by atoms with E-state index in [-0.39, 0.29) is 24.0 Å². The van der Waals surface area contributed by atoms with Crippen LogP contribution in [0.1, 0.15) is 58.9 Å². The highest BCUT2D eigenvalue weighted by Gasteiger charge is 2.41. The third-order valence-corrected chi connectivity index (χ3v) is 6.33. The molecular weight excluding hydrogens is 376 g/mol. The Hall–Kier alpha value is -3.21. The second-order valence-electron chi connectivity index (χ2n) is 8.11. The van der Waals surface area contributed by atoms with Crippen molar-refractivity contribution in [3.8, 4) is 5.75 Å². The number of fused-ring (bicyclic) bond motifs is 2. The van der Waals surface area contributed by atoms with Gasteiger partial charge in [-0.1, -0.05) is 19.1 Å². The van der Waals surface area contributed by atoms with Gasteiger partial charge in [-0.2, -0.15) is 0 Å². The maximum Gasteiger partial charge on any atom is 0.261 e.